The summed E-state index contributed by atoms with van der Waals surface area (Å²) >= 11 is 3.18. The van der Waals surface area contributed by atoms with E-state index < -0.39 is 24.0 Å². The number of rotatable bonds is 4. The quantitative estimate of drug-likeness (QED) is 0.856. The summed E-state index contributed by atoms with van der Waals surface area (Å²) in [7, 11) is 0. The summed E-state index contributed by atoms with van der Waals surface area (Å²) in [5.41, 5.74) is -0.652. The van der Waals surface area contributed by atoms with Crippen LogP contribution in [0.25, 0.3) is 0 Å². The van der Waals surface area contributed by atoms with Crippen LogP contribution in [-0.4, -0.2) is 27.6 Å². The molecule has 108 valence electrons. The molecule has 6 nitrogen and oxygen atoms in total. The zero-order chi connectivity index (χ0) is 15.0. The van der Waals surface area contributed by atoms with Crippen molar-refractivity contribution in [2.75, 3.05) is 0 Å². The lowest BCUT2D eigenvalue weighted by Gasteiger charge is -2.08. The first-order chi connectivity index (χ1) is 9.31. The van der Waals surface area contributed by atoms with Gasteiger partial charge in [-0.25, -0.2) is 0 Å². The van der Waals surface area contributed by atoms with Gasteiger partial charge < -0.3 is 15.0 Å². The van der Waals surface area contributed by atoms with Crippen LogP contribution in [0.1, 0.15) is 24.2 Å². The Labute approximate surface area is 123 Å². The van der Waals surface area contributed by atoms with Gasteiger partial charge in [0.2, 0.25) is 0 Å². The van der Waals surface area contributed by atoms with Crippen LogP contribution in [0.15, 0.2) is 21.5 Å². The van der Waals surface area contributed by atoms with Crippen molar-refractivity contribution in [3.8, 4) is 0 Å². The van der Waals surface area contributed by atoms with Gasteiger partial charge >= 0.3 is 5.97 Å². The number of aromatic nitrogens is 1. The maximum atomic E-state index is 12.1. The van der Waals surface area contributed by atoms with Crippen molar-refractivity contribution in [3.63, 3.8) is 0 Å². The fourth-order valence-electron chi connectivity index (χ4n) is 2.18. The first-order valence-electron chi connectivity index (χ1n) is 6.24. The van der Waals surface area contributed by atoms with Gasteiger partial charge in [0.15, 0.2) is 0 Å². The molecule has 1 aliphatic carbocycles. The minimum atomic E-state index is -1.14. The Balaban J connectivity index is 2.27. The summed E-state index contributed by atoms with van der Waals surface area (Å²) in [6.07, 6.45) is 1.36. The molecular formula is C13H15BrN2O4. The van der Waals surface area contributed by atoms with Crippen LogP contribution in [-0.2, 0) is 11.3 Å². The van der Waals surface area contributed by atoms with Crippen LogP contribution in [0.2, 0.25) is 0 Å². The van der Waals surface area contributed by atoms with Gasteiger partial charge in [-0.15, -0.1) is 0 Å². The van der Waals surface area contributed by atoms with Gasteiger partial charge in [0, 0.05) is 16.7 Å². The number of carbonyl (C=O) groups is 2. The largest absolute Gasteiger partial charge is 0.480 e. The van der Waals surface area contributed by atoms with E-state index in [1.807, 2.05) is 13.8 Å². The van der Waals surface area contributed by atoms with E-state index in [2.05, 4.69) is 21.2 Å². The first-order valence-corrected chi connectivity index (χ1v) is 7.03. The molecule has 0 aromatic carbocycles. The standard InChI is InChI=1S/C13H15BrN2O4/c1-6-7(2)11(6)15-12(19)9-3-8(14)4-16(13(9)20)5-10(17)18/h3-4,6-7,11H,5H2,1-2H3,(H,15,19)(H,17,18)/t6-,7-/m1/s1. The molecule has 1 amide bonds. The maximum Gasteiger partial charge on any atom is 0.323 e. The fourth-order valence-corrected chi connectivity index (χ4v) is 2.66. The summed E-state index contributed by atoms with van der Waals surface area (Å²) in [6.45, 7) is 3.58. The van der Waals surface area contributed by atoms with Crippen LogP contribution in [0.4, 0.5) is 0 Å². The third-order valence-corrected chi connectivity index (χ3v) is 4.16. The van der Waals surface area contributed by atoms with Crippen molar-refractivity contribution in [2.24, 2.45) is 11.8 Å². The SMILES string of the molecule is C[C@H]1C(NC(=O)c2cc(Br)cn(CC(=O)O)c2=O)[C@@H]1C. The Morgan fingerprint density at radius 3 is 2.50 bits per heavy atom. The summed E-state index contributed by atoms with van der Waals surface area (Å²) in [6, 6.07) is 1.49. The monoisotopic (exact) mass is 342 g/mol. The molecule has 20 heavy (non-hydrogen) atoms. The number of carbonyl (C=O) groups excluding carboxylic acids is 1. The molecule has 1 aromatic rings. The molecule has 7 heteroatoms. The zero-order valence-corrected chi connectivity index (χ0v) is 12.7. The topological polar surface area (TPSA) is 88.4 Å². The molecule has 0 spiro atoms. The Morgan fingerprint density at radius 1 is 1.40 bits per heavy atom. The van der Waals surface area contributed by atoms with Gasteiger partial charge in [0.25, 0.3) is 11.5 Å². The normalized spacial score (nSPS) is 24.2. The second-order valence-electron chi connectivity index (χ2n) is 5.12. The molecule has 2 atom stereocenters. The van der Waals surface area contributed by atoms with Gasteiger partial charge in [-0.2, -0.15) is 0 Å². The van der Waals surface area contributed by atoms with Crippen molar-refractivity contribution >= 4 is 27.8 Å². The summed E-state index contributed by atoms with van der Waals surface area (Å²) < 4.78 is 1.49. The van der Waals surface area contributed by atoms with E-state index in [4.69, 9.17) is 5.11 Å². The highest BCUT2D eigenvalue weighted by molar-refractivity contribution is 9.10. The zero-order valence-electron chi connectivity index (χ0n) is 11.1. The summed E-state index contributed by atoms with van der Waals surface area (Å²) in [5.74, 6) is -0.808. The van der Waals surface area contributed by atoms with Crippen molar-refractivity contribution < 1.29 is 14.7 Å². The van der Waals surface area contributed by atoms with E-state index in [9.17, 15) is 14.4 Å². The highest BCUT2D eigenvalue weighted by Crippen LogP contribution is 2.37. The Morgan fingerprint density at radius 2 is 2.00 bits per heavy atom. The Bertz CT molecular complexity index is 617. The van der Waals surface area contributed by atoms with E-state index in [0.717, 1.165) is 4.57 Å². The second kappa shape index (κ2) is 5.40. The minimum absolute atomic E-state index is 0.0491. The predicted molar refractivity (Wildman–Crippen MR) is 75.6 cm³/mol. The third-order valence-electron chi connectivity index (χ3n) is 3.72. The van der Waals surface area contributed by atoms with Crippen molar-refractivity contribution in [2.45, 2.75) is 26.4 Å². The molecule has 1 fully saturated rings. The number of carboxylic acid groups (broad SMARTS) is 1. The van der Waals surface area contributed by atoms with E-state index in [1.165, 1.54) is 12.3 Å². The van der Waals surface area contributed by atoms with Gasteiger partial charge in [-0.3, -0.25) is 14.4 Å². The lowest BCUT2D eigenvalue weighted by atomic mass is 10.2. The van der Waals surface area contributed by atoms with E-state index in [-0.39, 0.29) is 11.6 Å². The number of halogens is 1. The lowest BCUT2D eigenvalue weighted by molar-refractivity contribution is -0.137. The molecule has 1 heterocycles. The van der Waals surface area contributed by atoms with E-state index in [0.29, 0.717) is 16.3 Å². The van der Waals surface area contributed by atoms with Gasteiger partial charge in [0.05, 0.1) is 0 Å². The Kier molecular flexibility index (Phi) is 3.99. The molecule has 0 aliphatic heterocycles. The molecule has 2 rings (SSSR count). The van der Waals surface area contributed by atoms with Gasteiger partial charge in [-0.05, 0) is 33.8 Å². The van der Waals surface area contributed by atoms with E-state index >= 15 is 0 Å². The van der Waals surface area contributed by atoms with Gasteiger partial charge in [-0.1, -0.05) is 13.8 Å². The molecule has 1 aromatic heterocycles. The number of hydrogen-bond acceptors (Lipinski definition) is 3. The second-order valence-corrected chi connectivity index (χ2v) is 6.03. The third kappa shape index (κ3) is 2.92. The smallest absolute Gasteiger partial charge is 0.323 e. The average Bonchev–Trinajstić information content (AvgIpc) is 2.90. The lowest BCUT2D eigenvalue weighted by Crippen LogP contribution is -2.35. The average molecular weight is 343 g/mol. The van der Waals surface area contributed by atoms with Crippen molar-refractivity contribution in [3.05, 3.63) is 32.7 Å². The molecule has 0 unspecified atom stereocenters. The van der Waals surface area contributed by atoms with Crippen molar-refractivity contribution in [1.29, 1.82) is 0 Å². The summed E-state index contributed by atoms with van der Waals surface area (Å²) in [4.78, 5) is 34.9. The van der Waals surface area contributed by atoms with Crippen LogP contribution >= 0.6 is 15.9 Å². The highest BCUT2D eigenvalue weighted by atomic mass is 79.9. The number of nitrogens with one attached hydrogen (secondary N) is 1. The fraction of sp³-hybridized carbons (Fsp3) is 0.462. The maximum absolute atomic E-state index is 12.1. The molecule has 1 aliphatic rings. The van der Waals surface area contributed by atoms with Crippen LogP contribution in [0, 0.1) is 11.8 Å². The van der Waals surface area contributed by atoms with E-state index in [1.54, 1.807) is 0 Å². The Hall–Kier alpha value is -1.63. The van der Waals surface area contributed by atoms with Crippen LogP contribution in [0.3, 0.4) is 0 Å². The highest BCUT2D eigenvalue weighted by Gasteiger charge is 2.44. The number of amides is 1. The van der Waals surface area contributed by atoms with Crippen LogP contribution < -0.4 is 10.9 Å². The minimum Gasteiger partial charge on any atom is -0.480 e. The molecule has 0 saturated heterocycles. The number of nitrogens with zero attached hydrogens (tertiary/aromatic N) is 1. The molecule has 2 N–H and O–H groups in total. The molecular weight excluding hydrogens is 328 g/mol. The number of aliphatic carboxylic acids is 1. The summed E-state index contributed by atoms with van der Waals surface area (Å²) in [5, 5.41) is 11.6. The van der Waals surface area contributed by atoms with Crippen LogP contribution in [0.5, 0.6) is 0 Å². The molecule has 0 bridgehead atoms. The first kappa shape index (κ1) is 14.8. The number of hydrogen-bond donors (Lipinski definition) is 2. The van der Waals surface area contributed by atoms with Crippen molar-refractivity contribution in [1.82, 2.24) is 9.88 Å². The number of carboxylic acids is 1. The van der Waals surface area contributed by atoms with Gasteiger partial charge in [0.1, 0.15) is 12.1 Å². The number of pyridine rings is 1. The molecule has 0 radical (unpaired) electrons. The molecule has 1 saturated carbocycles. The predicted octanol–water partition coefficient (Wildman–Crippen LogP) is 1.08.